The van der Waals surface area contributed by atoms with Gasteiger partial charge in [-0.3, -0.25) is 0 Å². The molecule has 0 heterocycles. The third-order valence-corrected chi connectivity index (χ3v) is 13.2. The topological polar surface area (TPSA) is 19.9 Å². The lowest BCUT2D eigenvalue weighted by Crippen LogP contribution is -2.70. The Hall–Kier alpha value is 4.89. The van der Waals surface area contributed by atoms with E-state index in [-0.39, 0.29) is 0 Å². The molecule has 0 spiro atoms. The van der Waals surface area contributed by atoms with Crippen LogP contribution in [-0.2, 0) is 5.11 Å². The van der Waals surface area contributed by atoms with Crippen molar-refractivity contribution >= 4 is 197 Å². The van der Waals surface area contributed by atoms with Crippen molar-refractivity contribution in [3.05, 3.63) is 0 Å². The summed E-state index contributed by atoms with van der Waals surface area (Å²) in [7, 11) is 0. The summed E-state index contributed by atoms with van der Waals surface area (Å²) < 4.78 is -20.8. The highest BCUT2D eigenvalue weighted by Gasteiger charge is 2.81. The van der Waals surface area contributed by atoms with Crippen LogP contribution in [0.4, 0.5) is 0 Å². The van der Waals surface area contributed by atoms with Crippen LogP contribution >= 0.6 is 197 Å². The van der Waals surface area contributed by atoms with Crippen molar-refractivity contribution in [2.75, 3.05) is 0 Å². The van der Waals surface area contributed by atoms with Gasteiger partial charge in [-0.25, -0.2) is 5.11 Å². The average molecular weight is 715 g/mol. The van der Waals surface area contributed by atoms with Crippen LogP contribution in [0.2, 0.25) is 0 Å². The van der Waals surface area contributed by atoms with Crippen molar-refractivity contribution < 1.29 is 5.11 Å². The zero-order chi connectivity index (χ0) is 22.0. The second kappa shape index (κ2) is 8.92. The van der Waals surface area contributed by atoms with Gasteiger partial charge in [-0.05, 0) is 0 Å². The summed E-state index contributed by atoms with van der Waals surface area (Å²) in [5.74, 6) is 0. The highest BCUT2D eigenvalue weighted by molar-refractivity contribution is 6.82. The summed E-state index contributed by atoms with van der Waals surface area (Å²) >= 11 is 98.6. The Morgan fingerprint density at radius 2 is 0.538 bits per heavy atom. The third kappa shape index (κ3) is 4.88. The summed E-state index contributed by atoms with van der Waals surface area (Å²) in [5.41, 5.74) is 0. The van der Waals surface area contributed by atoms with Crippen molar-refractivity contribution in [1.82, 2.24) is 0 Å². The monoisotopic (exact) mass is 706 g/mol. The van der Waals surface area contributed by atoms with Crippen LogP contribution in [0.5, 0.6) is 0 Å². The quantitative estimate of drug-likeness (QED) is 0.253. The molecule has 0 aromatic heterocycles. The van der Waals surface area contributed by atoms with Crippen LogP contribution in [0.15, 0.2) is 0 Å². The molecule has 0 aliphatic rings. The minimum absolute atomic E-state index is 2.63. The Morgan fingerprint density at radius 3 is 0.769 bits per heavy atom. The summed E-state index contributed by atoms with van der Waals surface area (Å²) in [5, 5.41) is 9.11. The maximum atomic E-state index is 12.6. The van der Waals surface area contributed by atoms with Gasteiger partial charge in [-0.2, -0.15) is 0 Å². The molecule has 1 nitrogen and oxygen atoms in total. The SMILES string of the molecule is [O]C(Cl)(C(Cl)(Cl)Cl)C(Cl)(Cl)C(Cl)(Cl)C(Cl)(Cl)C(Cl)(Cl)C(Cl)(Cl)C(Cl)(Cl)Cl. The first-order valence-corrected chi connectivity index (χ1v) is 11.6. The van der Waals surface area contributed by atoms with Crippen molar-refractivity contribution in [1.29, 1.82) is 0 Å². The van der Waals surface area contributed by atoms with Gasteiger partial charge in [0.15, 0.2) is 13.0 Å². The summed E-state index contributed by atoms with van der Waals surface area (Å²) in [6.45, 7) is 0. The highest BCUT2D eigenvalue weighted by atomic mass is 35.6. The standard InChI is InChI=1S/C8Cl17O/c9-1(10,3(13,14)5(17,18)7(20,21)22)2(11,12)4(15,16)6(19,26)8(23,24)25. The molecule has 0 aromatic rings. The van der Waals surface area contributed by atoms with E-state index in [4.69, 9.17) is 197 Å². The fourth-order valence-corrected chi connectivity index (χ4v) is 5.93. The smallest absolute Gasteiger partial charge is 0.204 e. The minimum Gasteiger partial charge on any atom is -0.204 e. The summed E-state index contributed by atoms with van der Waals surface area (Å²) in [6.07, 6.45) is 0. The Balaban J connectivity index is 6.61. The Morgan fingerprint density at radius 1 is 0.308 bits per heavy atom. The predicted molar refractivity (Wildman–Crippen MR) is 122 cm³/mol. The minimum atomic E-state index is -3.49. The molecule has 0 rings (SSSR count). The van der Waals surface area contributed by atoms with Crippen molar-refractivity contribution in [3.8, 4) is 0 Å². The van der Waals surface area contributed by atoms with Gasteiger partial charge in [-0.1, -0.05) is 197 Å². The molecule has 0 saturated carbocycles. The van der Waals surface area contributed by atoms with Crippen LogP contribution in [0, 0.1) is 0 Å². The normalized spacial score (nSPS) is 18.7. The van der Waals surface area contributed by atoms with Crippen LogP contribution < -0.4 is 0 Å². The van der Waals surface area contributed by atoms with E-state index in [1.165, 1.54) is 0 Å². The number of rotatable bonds is 5. The predicted octanol–water partition coefficient (Wildman–Crippen LogP) is 9.96. The van der Waals surface area contributed by atoms with Gasteiger partial charge in [0.05, 0.1) is 0 Å². The number of halogens is 17. The zero-order valence-electron chi connectivity index (χ0n) is 10.8. The Kier molecular flexibility index (Phi) is 10.6. The second-order valence-corrected chi connectivity index (χ2v) is 16.2. The molecule has 0 saturated heterocycles. The van der Waals surface area contributed by atoms with Crippen LogP contribution in [0.3, 0.4) is 0 Å². The van der Waals surface area contributed by atoms with E-state index in [1.54, 1.807) is 0 Å². The molecule has 1 atom stereocenters. The molecule has 0 aliphatic carbocycles. The number of hydrogen-bond acceptors (Lipinski definition) is 0. The second-order valence-electron chi connectivity index (χ2n) is 4.46. The van der Waals surface area contributed by atoms with E-state index < -0.39 is 34.3 Å². The molecule has 0 amide bonds. The van der Waals surface area contributed by atoms with E-state index in [2.05, 4.69) is 0 Å². The van der Waals surface area contributed by atoms with Gasteiger partial charge >= 0.3 is 0 Å². The molecule has 0 N–H and O–H groups in total. The van der Waals surface area contributed by atoms with Gasteiger partial charge in [0.2, 0.25) is 16.3 Å². The fraction of sp³-hybridized carbons (Fsp3) is 1.00. The Bertz CT molecular complexity index is 474. The molecule has 0 bridgehead atoms. The summed E-state index contributed by atoms with van der Waals surface area (Å²) in [4.78, 5) is 0. The van der Waals surface area contributed by atoms with Gasteiger partial charge in [0.1, 0.15) is 0 Å². The van der Waals surface area contributed by atoms with Crippen LogP contribution in [-0.4, -0.2) is 34.3 Å². The molecule has 18 heteroatoms. The molecule has 1 unspecified atom stereocenters. The molecule has 26 heavy (non-hydrogen) atoms. The van der Waals surface area contributed by atoms with E-state index in [0.717, 1.165) is 0 Å². The molecule has 0 aliphatic heterocycles. The van der Waals surface area contributed by atoms with Crippen molar-refractivity contribution in [2.45, 2.75) is 34.3 Å². The zero-order valence-corrected chi connectivity index (χ0v) is 23.7. The molecular formula is C8Cl17O. The van der Waals surface area contributed by atoms with E-state index >= 15 is 0 Å². The highest BCUT2D eigenvalue weighted by Crippen LogP contribution is 2.71. The molecular weight excluding hydrogens is 715 g/mol. The lowest BCUT2D eigenvalue weighted by atomic mass is 10.0. The van der Waals surface area contributed by atoms with Crippen molar-refractivity contribution in [3.63, 3.8) is 0 Å². The van der Waals surface area contributed by atoms with Crippen molar-refractivity contribution in [2.24, 2.45) is 0 Å². The van der Waals surface area contributed by atoms with Crippen LogP contribution in [0.1, 0.15) is 0 Å². The van der Waals surface area contributed by atoms with Gasteiger partial charge in [-0.15, -0.1) is 0 Å². The first-order valence-electron chi connectivity index (χ1n) is 5.17. The number of hydrogen-bond donors (Lipinski definition) is 0. The first kappa shape index (κ1) is 30.9. The lowest BCUT2D eigenvalue weighted by molar-refractivity contribution is 0.0295. The fourth-order valence-electron chi connectivity index (χ4n) is 1.15. The molecule has 0 fully saturated rings. The molecule has 1 radical (unpaired) electrons. The van der Waals surface area contributed by atoms with E-state index in [0.29, 0.717) is 0 Å². The third-order valence-electron chi connectivity index (χ3n) is 2.70. The van der Waals surface area contributed by atoms with E-state index in [1.807, 2.05) is 0 Å². The van der Waals surface area contributed by atoms with Crippen LogP contribution in [0.25, 0.3) is 0 Å². The maximum absolute atomic E-state index is 12.6. The van der Waals surface area contributed by atoms with Gasteiger partial charge in [0, 0.05) is 0 Å². The summed E-state index contributed by atoms with van der Waals surface area (Å²) in [6, 6.07) is 0. The largest absolute Gasteiger partial charge is 0.258 e. The first-order chi connectivity index (χ1) is 10.8. The van der Waals surface area contributed by atoms with Gasteiger partial charge < -0.3 is 0 Å². The average Bonchev–Trinajstić information content (AvgIpc) is 2.34. The van der Waals surface area contributed by atoms with E-state index in [9.17, 15) is 5.11 Å². The van der Waals surface area contributed by atoms with Gasteiger partial charge in [0.25, 0.3) is 5.06 Å². The number of alkyl halides is 17. The Labute approximate surface area is 233 Å². The maximum Gasteiger partial charge on any atom is 0.258 e. The molecule has 157 valence electrons. The molecule has 0 aromatic carbocycles. The lowest BCUT2D eigenvalue weighted by Gasteiger charge is -2.53.